The number of ether oxygens (including phenoxy) is 1. The molecule has 2 amide bonds. The third-order valence-corrected chi connectivity index (χ3v) is 8.86. The maximum Gasteiger partial charge on any atom is 0.245 e. The molecule has 2 aromatic rings. The standard InChI is InChI=1S/C33H46N4O4/c1-3-7-30(38)33(26-8-5-4-6-9-26)16-20-37(21-17-33)32(40)29(23-24-10-12-27(41-2)13-11-24)36-31(39)28(34)22-25-14-18-35-19-15-25/h4-6,8-13,25,28-29,35H,3,7,14-23,34H2,1-2H3,(H,36,39). The highest BCUT2D eigenvalue weighted by Gasteiger charge is 2.43. The molecule has 2 unspecified atom stereocenters. The second-order valence-corrected chi connectivity index (χ2v) is 11.6. The van der Waals surface area contributed by atoms with E-state index in [0.29, 0.717) is 51.1 Å². The van der Waals surface area contributed by atoms with Gasteiger partial charge < -0.3 is 26.0 Å². The number of benzene rings is 2. The topological polar surface area (TPSA) is 114 Å². The van der Waals surface area contributed by atoms with Gasteiger partial charge in [0.25, 0.3) is 0 Å². The highest BCUT2D eigenvalue weighted by molar-refractivity contribution is 5.92. The van der Waals surface area contributed by atoms with E-state index in [1.807, 2.05) is 66.4 Å². The largest absolute Gasteiger partial charge is 0.497 e. The number of piperidine rings is 2. The molecular formula is C33H46N4O4. The number of rotatable bonds is 12. The fraction of sp³-hybridized carbons (Fsp3) is 0.545. The molecule has 0 aliphatic carbocycles. The molecule has 8 nitrogen and oxygen atoms in total. The Kier molecular flexibility index (Phi) is 10.9. The average molecular weight is 563 g/mol. The Morgan fingerprint density at radius 3 is 2.32 bits per heavy atom. The lowest BCUT2D eigenvalue weighted by atomic mass is 9.68. The van der Waals surface area contributed by atoms with Crippen molar-refractivity contribution in [1.29, 1.82) is 0 Å². The van der Waals surface area contributed by atoms with Gasteiger partial charge in [0, 0.05) is 25.9 Å². The van der Waals surface area contributed by atoms with Crippen molar-refractivity contribution >= 4 is 17.6 Å². The fourth-order valence-electron chi connectivity index (χ4n) is 6.34. The van der Waals surface area contributed by atoms with Crippen LogP contribution in [-0.2, 0) is 26.2 Å². The zero-order valence-electron chi connectivity index (χ0n) is 24.6. The minimum atomic E-state index is -0.745. The first kappa shape index (κ1) is 30.7. The van der Waals surface area contributed by atoms with Crippen molar-refractivity contribution < 1.29 is 19.1 Å². The Hall–Kier alpha value is -3.23. The van der Waals surface area contributed by atoms with E-state index in [2.05, 4.69) is 10.6 Å². The number of carbonyl (C=O) groups excluding carboxylic acids is 3. The number of nitrogens with two attached hydrogens (primary N) is 1. The van der Waals surface area contributed by atoms with E-state index in [9.17, 15) is 14.4 Å². The summed E-state index contributed by atoms with van der Waals surface area (Å²) in [6.45, 7) is 4.83. The summed E-state index contributed by atoms with van der Waals surface area (Å²) >= 11 is 0. The van der Waals surface area contributed by atoms with Crippen LogP contribution in [0.15, 0.2) is 54.6 Å². The van der Waals surface area contributed by atoms with Gasteiger partial charge in [0.05, 0.1) is 18.6 Å². The van der Waals surface area contributed by atoms with Gasteiger partial charge in [-0.2, -0.15) is 0 Å². The molecule has 2 aliphatic heterocycles. The molecule has 2 fully saturated rings. The molecule has 0 radical (unpaired) electrons. The number of Topliss-reactive ketones (excluding diaryl/α,β-unsaturated/α-hetero) is 1. The minimum absolute atomic E-state index is 0.132. The number of carbonyl (C=O) groups is 3. The van der Waals surface area contributed by atoms with E-state index < -0.39 is 17.5 Å². The maximum absolute atomic E-state index is 14.0. The fourth-order valence-corrected chi connectivity index (χ4v) is 6.34. The van der Waals surface area contributed by atoms with Gasteiger partial charge in [-0.25, -0.2) is 0 Å². The van der Waals surface area contributed by atoms with Crippen LogP contribution in [0.25, 0.3) is 0 Å². The van der Waals surface area contributed by atoms with Crippen LogP contribution < -0.4 is 21.1 Å². The predicted octanol–water partition coefficient (Wildman–Crippen LogP) is 3.37. The van der Waals surface area contributed by atoms with E-state index in [-0.39, 0.29) is 17.6 Å². The lowest BCUT2D eigenvalue weighted by Crippen LogP contribution is -2.57. The minimum Gasteiger partial charge on any atom is -0.497 e. The van der Waals surface area contributed by atoms with Gasteiger partial charge in [0.2, 0.25) is 11.8 Å². The van der Waals surface area contributed by atoms with Gasteiger partial charge in [-0.3, -0.25) is 14.4 Å². The monoisotopic (exact) mass is 562 g/mol. The summed E-state index contributed by atoms with van der Waals surface area (Å²) in [5, 5.41) is 6.35. The quantitative estimate of drug-likeness (QED) is 0.366. The SMILES string of the molecule is CCCC(=O)C1(c2ccccc2)CCN(C(=O)C(Cc2ccc(OC)cc2)NC(=O)C(N)CC2CCNCC2)CC1. The number of hydrogen-bond acceptors (Lipinski definition) is 6. The second-order valence-electron chi connectivity index (χ2n) is 11.6. The number of methoxy groups -OCH3 is 1. The van der Waals surface area contributed by atoms with Gasteiger partial charge in [0.15, 0.2) is 0 Å². The van der Waals surface area contributed by atoms with Gasteiger partial charge >= 0.3 is 0 Å². The lowest BCUT2D eigenvalue weighted by Gasteiger charge is -2.42. The van der Waals surface area contributed by atoms with Gasteiger partial charge in [-0.1, -0.05) is 49.4 Å². The summed E-state index contributed by atoms with van der Waals surface area (Å²) in [4.78, 5) is 42.5. The second kappa shape index (κ2) is 14.6. The smallest absolute Gasteiger partial charge is 0.245 e. The first-order chi connectivity index (χ1) is 19.9. The van der Waals surface area contributed by atoms with Crippen LogP contribution in [0.5, 0.6) is 5.75 Å². The van der Waals surface area contributed by atoms with Crippen molar-refractivity contribution in [2.24, 2.45) is 11.7 Å². The molecule has 4 rings (SSSR count). The van der Waals surface area contributed by atoms with E-state index in [1.165, 1.54) is 0 Å². The van der Waals surface area contributed by atoms with E-state index >= 15 is 0 Å². The lowest BCUT2D eigenvalue weighted by molar-refractivity contribution is -0.140. The third kappa shape index (κ3) is 7.74. The van der Waals surface area contributed by atoms with Crippen LogP contribution in [0.4, 0.5) is 0 Å². The molecule has 2 aliphatic rings. The normalized spacial score (nSPS) is 18.8. The number of nitrogens with one attached hydrogen (secondary N) is 2. The van der Waals surface area contributed by atoms with Crippen LogP contribution >= 0.6 is 0 Å². The first-order valence-corrected chi connectivity index (χ1v) is 15.1. The summed E-state index contributed by atoms with van der Waals surface area (Å²) in [6, 6.07) is 16.1. The Morgan fingerprint density at radius 1 is 1.05 bits per heavy atom. The zero-order chi connectivity index (χ0) is 29.2. The zero-order valence-corrected chi connectivity index (χ0v) is 24.6. The molecule has 0 aromatic heterocycles. The van der Waals surface area contributed by atoms with Crippen LogP contribution in [0.3, 0.4) is 0 Å². The van der Waals surface area contributed by atoms with Gasteiger partial charge in [-0.15, -0.1) is 0 Å². The summed E-state index contributed by atoms with van der Waals surface area (Å²) in [5.41, 5.74) is 7.72. The summed E-state index contributed by atoms with van der Waals surface area (Å²) in [5.74, 6) is 0.957. The summed E-state index contributed by atoms with van der Waals surface area (Å²) in [6.07, 6.45) is 5.42. The molecular weight excluding hydrogens is 516 g/mol. The van der Waals surface area contributed by atoms with Crippen molar-refractivity contribution in [2.45, 2.75) is 75.8 Å². The molecule has 8 heteroatoms. The predicted molar refractivity (Wildman–Crippen MR) is 161 cm³/mol. The van der Waals surface area contributed by atoms with Gasteiger partial charge in [-0.05, 0) is 80.8 Å². The van der Waals surface area contributed by atoms with Crippen LogP contribution in [0, 0.1) is 5.92 Å². The van der Waals surface area contributed by atoms with Gasteiger partial charge in [0.1, 0.15) is 17.6 Å². The summed E-state index contributed by atoms with van der Waals surface area (Å²) < 4.78 is 5.28. The molecule has 4 N–H and O–H groups in total. The van der Waals surface area contributed by atoms with Crippen molar-refractivity contribution in [1.82, 2.24) is 15.5 Å². The highest BCUT2D eigenvalue weighted by atomic mass is 16.5. The molecule has 0 saturated carbocycles. The van der Waals surface area contributed by atoms with Crippen LogP contribution in [-0.4, -0.2) is 67.9 Å². The first-order valence-electron chi connectivity index (χ1n) is 15.1. The van der Waals surface area contributed by atoms with E-state index in [1.54, 1.807) is 7.11 Å². The molecule has 2 heterocycles. The highest BCUT2D eigenvalue weighted by Crippen LogP contribution is 2.38. The molecule has 0 bridgehead atoms. The van der Waals surface area contributed by atoms with Crippen LogP contribution in [0.2, 0.25) is 0 Å². The van der Waals surface area contributed by atoms with Crippen molar-refractivity contribution in [3.8, 4) is 5.75 Å². The van der Waals surface area contributed by atoms with E-state index in [0.717, 1.165) is 49.2 Å². The molecule has 0 spiro atoms. The van der Waals surface area contributed by atoms with Crippen molar-refractivity contribution in [2.75, 3.05) is 33.3 Å². The van der Waals surface area contributed by atoms with E-state index in [4.69, 9.17) is 10.5 Å². The number of hydrogen-bond donors (Lipinski definition) is 3. The molecule has 2 saturated heterocycles. The molecule has 2 atom stereocenters. The number of likely N-dealkylation sites (tertiary alicyclic amines) is 1. The Balaban J connectivity index is 1.49. The van der Waals surface area contributed by atoms with Crippen molar-refractivity contribution in [3.05, 3.63) is 65.7 Å². The Morgan fingerprint density at radius 2 is 1.71 bits per heavy atom. The number of ketones is 1. The third-order valence-electron chi connectivity index (χ3n) is 8.86. The molecule has 2 aromatic carbocycles. The van der Waals surface area contributed by atoms with Crippen LogP contribution in [0.1, 0.15) is 63.0 Å². The van der Waals surface area contributed by atoms with Crippen molar-refractivity contribution in [3.63, 3.8) is 0 Å². The Labute approximate surface area is 244 Å². The molecule has 222 valence electrons. The average Bonchev–Trinajstić information content (AvgIpc) is 3.01. The maximum atomic E-state index is 14.0. The Bertz CT molecular complexity index is 1140. The number of amides is 2. The number of nitrogens with zero attached hydrogens (tertiary/aromatic N) is 1. The summed E-state index contributed by atoms with van der Waals surface area (Å²) in [7, 11) is 1.61. The molecule has 41 heavy (non-hydrogen) atoms.